The van der Waals surface area contributed by atoms with Gasteiger partial charge in [0, 0.05) is 42.8 Å². The van der Waals surface area contributed by atoms with Crippen LogP contribution < -0.4 is 10.6 Å². The summed E-state index contributed by atoms with van der Waals surface area (Å²) in [5.74, 6) is 2.59. The van der Waals surface area contributed by atoms with Crippen molar-refractivity contribution in [1.29, 1.82) is 0 Å². The maximum atomic E-state index is 5.26. The molecule has 0 saturated heterocycles. The molecule has 0 saturated carbocycles. The number of nitrogens with one attached hydrogen (secondary N) is 2. The Morgan fingerprint density at radius 2 is 2.12 bits per heavy atom. The van der Waals surface area contributed by atoms with Crippen molar-refractivity contribution >= 4 is 41.3 Å². The summed E-state index contributed by atoms with van der Waals surface area (Å²) in [5.41, 5.74) is 0.0722. The minimum atomic E-state index is 0. The van der Waals surface area contributed by atoms with Crippen LogP contribution in [0.1, 0.15) is 56.6 Å². The molecule has 26 heavy (non-hydrogen) atoms. The molecule has 0 bridgehead atoms. The third-order valence-corrected chi connectivity index (χ3v) is 5.21. The summed E-state index contributed by atoms with van der Waals surface area (Å²) < 4.78 is 5.26. The maximum absolute atomic E-state index is 5.26. The van der Waals surface area contributed by atoms with Gasteiger partial charge in [0.05, 0.1) is 0 Å². The Morgan fingerprint density at radius 1 is 1.35 bits per heavy atom. The van der Waals surface area contributed by atoms with Crippen molar-refractivity contribution in [2.24, 2.45) is 4.99 Å². The molecule has 0 spiro atoms. The highest BCUT2D eigenvalue weighted by Crippen LogP contribution is 2.26. The van der Waals surface area contributed by atoms with Gasteiger partial charge in [-0.25, -0.2) is 0 Å². The van der Waals surface area contributed by atoms with E-state index in [9.17, 15) is 0 Å². The van der Waals surface area contributed by atoms with Gasteiger partial charge in [-0.05, 0) is 17.9 Å². The SMILES string of the molecule is CN=C(NCCCc1nc(C(C)C)no1)NCC(C)(C)c1cccs1.I. The van der Waals surface area contributed by atoms with Gasteiger partial charge in [-0.2, -0.15) is 4.98 Å². The van der Waals surface area contributed by atoms with Crippen LogP contribution in [0.2, 0.25) is 0 Å². The van der Waals surface area contributed by atoms with Crippen molar-refractivity contribution in [3.05, 3.63) is 34.1 Å². The average Bonchev–Trinajstić information content (AvgIpc) is 3.26. The molecule has 8 heteroatoms. The van der Waals surface area contributed by atoms with Gasteiger partial charge in [0.25, 0.3) is 0 Å². The second-order valence-corrected chi connectivity index (χ2v) is 7.97. The lowest BCUT2D eigenvalue weighted by molar-refractivity contribution is 0.368. The van der Waals surface area contributed by atoms with Crippen LogP contribution in [0.25, 0.3) is 0 Å². The minimum Gasteiger partial charge on any atom is -0.356 e. The van der Waals surface area contributed by atoms with Crippen LogP contribution in [-0.4, -0.2) is 36.2 Å². The van der Waals surface area contributed by atoms with Crippen molar-refractivity contribution in [2.45, 2.75) is 51.9 Å². The predicted molar refractivity (Wildman–Crippen MR) is 119 cm³/mol. The highest BCUT2D eigenvalue weighted by molar-refractivity contribution is 14.0. The van der Waals surface area contributed by atoms with E-state index < -0.39 is 0 Å². The van der Waals surface area contributed by atoms with Gasteiger partial charge in [0.1, 0.15) is 0 Å². The first-order chi connectivity index (χ1) is 11.9. The quantitative estimate of drug-likeness (QED) is 0.253. The lowest BCUT2D eigenvalue weighted by atomic mass is 9.91. The van der Waals surface area contributed by atoms with E-state index in [1.807, 2.05) is 0 Å². The van der Waals surface area contributed by atoms with Gasteiger partial charge < -0.3 is 15.2 Å². The Bertz CT molecular complexity index is 667. The fraction of sp³-hybridized carbons (Fsp3) is 0.611. The van der Waals surface area contributed by atoms with E-state index in [-0.39, 0.29) is 29.4 Å². The number of hydrogen-bond donors (Lipinski definition) is 2. The molecule has 2 heterocycles. The Morgan fingerprint density at radius 3 is 2.69 bits per heavy atom. The van der Waals surface area contributed by atoms with Crippen LogP contribution in [0.4, 0.5) is 0 Å². The minimum absolute atomic E-state index is 0. The normalized spacial score (nSPS) is 12.2. The highest BCUT2D eigenvalue weighted by Gasteiger charge is 2.21. The summed E-state index contributed by atoms with van der Waals surface area (Å²) in [5, 5.41) is 12.9. The molecule has 0 aliphatic heterocycles. The number of aromatic nitrogens is 2. The van der Waals surface area contributed by atoms with Gasteiger partial charge in [-0.15, -0.1) is 35.3 Å². The van der Waals surface area contributed by atoms with E-state index in [0.717, 1.165) is 37.7 Å². The predicted octanol–water partition coefficient (Wildman–Crippen LogP) is 3.95. The van der Waals surface area contributed by atoms with E-state index >= 15 is 0 Å². The number of rotatable bonds is 8. The van der Waals surface area contributed by atoms with Crippen molar-refractivity contribution in [1.82, 2.24) is 20.8 Å². The topological polar surface area (TPSA) is 75.3 Å². The molecule has 0 fully saturated rings. The van der Waals surface area contributed by atoms with Crippen LogP contribution in [0.3, 0.4) is 0 Å². The molecule has 0 amide bonds. The lowest BCUT2D eigenvalue weighted by Crippen LogP contribution is -2.43. The molecule has 0 aliphatic rings. The van der Waals surface area contributed by atoms with E-state index in [1.165, 1.54) is 4.88 Å². The molecule has 0 aliphatic carbocycles. The molecule has 2 rings (SSSR count). The second-order valence-electron chi connectivity index (χ2n) is 7.02. The summed E-state index contributed by atoms with van der Waals surface area (Å²) in [6, 6.07) is 4.27. The summed E-state index contributed by atoms with van der Waals surface area (Å²) in [7, 11) is 1.79. The Hall–Kier alpha value is -1.16. The summed E-state index contributed by atoms with van der Waals surface area (Å²) in [6.07, 6.45) is 1.68. The van der Waals surface area contributed by atoms with Gasteiger partial charge in [0.15, 0.2) is 11.8 Å². The maximum Gasteiger partial charge on any atom is 0.226 e. The van der Waals surface area contributed by atoms with Crippen molar-refractivity contribution in [3.8, 4) is 0 Å². The van der Waals surface area contributed by atoms with Gasteiger partial charge in [-0.1, -0.05) is 38.9 Å². The summed E-state index contributed by atoms with van der Waals surface area (Å²) in [6.45, 7) is 10.2. The second kappa shape index (κ2) is 10.9. The number of thiophene rings is 1. The van der Waals surface area contributed by atoms with Crippen molar-refractivity contribution in [3.63, 3.8) is 0 Å². The fourth-order valence-electron chi connectivity index (χ4n) is 2.33. The van der Waals surface area contributed by atoms with Crippen molar-refractivity contribution in [2.75, 3.05) is 20.1 Å². The van der Waals surface area contributed by atoms with Crippen LogP contribution in [0, 0.1) is 0 Å². The zero-order valence-electron chi connectivity index (χ0n) is 16.2. The average molecular weight is 491 g/mol. The Labute approximate surface area is 177 Å². The molecule has 0 unspecified atom stereocenters. The van der Waals surface area contributed by atoms with Crippen molar-refractivity contribution < 1.29 is 4.52 Å². The van der Waals surface area contributed by atoms with Gasteiger partial charge in [0.2, 0.25) is 5.89 Å². The lowest BCUT2D eigenvalue weighted by Gasteiger charge is -2.25. The molecule has 0 aromatic carbocycles. The summed E-state index contributed by atoms with van der Waals surface area (Å²) in [4.78, 5) is 10.1. The first-order valence-corrected chi connectivity index (χ1v) is 9.61. The number of aliphatic imine (C=N–C) groups is 1. The van der Waals surface area contributed by atoms with E-state index in [4.69, 9.17) is 4.52 Å². The third kappa shape index (κ3) is 6.86. The number of nitrogens with zero attached hydrogens (tertiary/aromatic N) is 3. The smallest absolute Gasteiger partial charge is 0.226 e. The number of aryl methyl sites for hydroxylation is 1. The van der Waals surface area contributed by atoms with Crippen LogP contribution in [-0.2, 0) is 11.8 Å². The molecular formula is C18H30IN5OS. The molecule has 6 nitrogen and oxygen atoms in total. The number of hydrogen-bond acceptors (Lipinski definition) is 5. The molecule has 2 aromatic rings. The molecule has 146 valence electrons. The third-order valence-electron chi connectivity index (χ3n) is 3.97. The van der Waals surface area contributed by atoms with Gasteiger partial charge >= 0.3 is 0 Å². The van der Waals surface area contributed by atoms with Crippen LogP contribution in [0.15, 0.2) is 27.0 Å². The van der Waals surface area contributed by atoms with Gasteiger partial charge in [-0.3, -0.25) is 4.99 Å². The monoisotopic (exact) mass is 491 g/mol. The van der Waals surface area contributed by atoms with E-state index in [2.05, 4.69) is 71.0 Å². The zero-order valence-corrected chi connectivity index (χ0v) is 19.4. The molecular weight excluding hydrogens is 461 g/mol. The molecule has 0 atom stereocenters. The Balaban J connectivity index is 0.00000338. The number of halogens is 1. The first kappa shape index (κ1) is 22.9. The Kier molecular flexibility index (Phi) is 9.56. The van der Waals surface area contributed by atoms with E-state index in [0.29, 0.717) is 11.8 Å². The summed E-state index contributed by atoms with van der Waals surface area (Å²) >= 11 is 1.79. The van der Waals surface area contributed by atoms with Crippen LogP contribution in [0.5, 0.6) is 0 Å². The van der Waals surface area contributed by atoms with Crippen LogP contribution >= 0.6 is 35.3 Å². The number of guanidine groups is 1. The molecule has 2 aromatic heterocycles. The fourth-order valence-corrected chi connectivity index (χ4v) is 3.18. The van der Waals surface area contributed by atoms with E-state index in [1.54, 1.807) is 18.4 Å². The highest BCUT2D eigenvalue weighted by atomic mass is 127. The first-order valence-electron chi connectivity index (χ1n) is 8.73. The zero-order chi connectivity index (χ0) is 18.3. The molecule has 2 N–H and O–H groups in total. The largest absolute Gasteiger partial charge is 0.356 e. The standard InChI is InChI=1S/C18H29N5OS.HI/c1-13(2)16-22-15(24-23-16)9-6-10-20-17(19-5)21-12-18(3,4)14-8-7-11-25-14;/h7-8,11,13H,6,9-10,12H2,1-5H3,(H2,19,20,21);1H. The molecule has 0 radical (unpaired) electrons.